The Hall–Kier alpha value is -1.19. The van der Waals surface area contributed by atoms with Crippen LogP contribution in [0.5, 0.6) is 0 Å². The van der Waals surface area contributed by atoms with Gasteiger partial charge in [0.1, 0.15) is 5.17 Å². The van der Waals surface area contributed by atoms with Crippen molar-refractivity contribution in [3.63, 3.8) is 0 Å². The fraction of sp³-hybridized carbons (Fsp3) is 0.400. The Morgan fingerprint density at radius 2 is 2.00 bits per heavy atom. The van der Waals surface area contributed by atoms with Gasteiger partial charge >= 0.3 is 0 Å². The summed E-state index contributed by atoms with van der Waals surface area (Å²) in [5.41, 5.74) is 3.88. The van der Waals surface area contributed by atoms with E-state index in [0.29, 0.717) is 23.3 Å². The van der Waals surface area contributed by atoms with Crippen LogP contribution in [-0.4, -0.2) is 29.7 Å². The lowest BCUT2D eigenvalue weighted by molar-refractivity contribution is 0.587. The summed E-state index contributed by atoms with van der Waals surface area (Å²) in [7, 11) is 0. The van der Waals surface area contributed by atoms with Crippen molar-refractivity contribution in [1.82, 2.24) is 0 Å². The van der Waals surface area contributed by atoms with Gasteiger partial charge < -0.3 is 0 Å². The highest BCUT2D eigenvalue weighted by atomic mass is 35.5. The Bertz CT molecular complexity index is 647. The minimum absolute atomic E-state index is 0.0804. The summed E-state index contributed by atoms with van der Waals surface area (Å²) in [5.74, 6) is 0.264. The van der Waals surface area contributed by atoms with E-state index in [4.69, 9.17) is 28.2 Å². The quantitative estimate of drug-likeness (QED) is 0.691. The molecule has 2 aliphatic rings. The molecule has 0 spiro atoms. The summed E-state index contributed by atoms with van der Waals surface area (Å²) in [6.07, 6.45) is 0. The highest BCUT2D eigenvalue weighted by molar-refractivity contribution is 6.66. The van der Waals surface area contributed by atoms with Crippen molar-refractivity contribution in [3.05, 3.63) is 28.8 Å². The van der Waals surface area contributed by atoms with Crippen LogP contribution >= 0.6 is 23.2 Å². The molecule has 2 bridgehead atoms. The topological polar surface area (TPSA) is 37.1 Å². The van der Waals surface area contributed by atoms with Crippen molar-refractivity contribution >= 4 is 45.5 Å². The van der Waals surface area contributed by atoms with Gasteiger partial charge in [-0.15, -0.1) is 0 Å². The van der Waals surface area contributed by atoms with E-state index in [1.165, 1.54) is 0 Å². The molecule has 3 rings (SSSR count). The van der Waals surface area contributed by atoms with Crippen LogP contribution < -0.4 is 0 Å². The molecule has 2 aliphatic heterocycles. The Labute approximate surface area is 128 Å². The fourth-order valence-electron chi connectivity index (χ4n) is 2.62. The zero-order valence-electron chi connectivity index (χ0n) is 11.4. The number of rotatable bonds is 0. The summed E-state index contributed by atoms with van der Waals surface area (Å²) >= 11 is 12.5. The summed E-state index contributed by atoms with van der Waals surface area (Å²) in [6, 6.07) is 5.66. The van der Waals surface area contributed by atoms with Crippen molar-refractivity contribution in [2.75, 3.05) is 13.1 Å². The average molecular weight is 308 g/mol. The van der Waals surface area contributed by atoms with E-state index in [0.717, 1.165) is 22.7 Å². The molecule has 1 aromatic rings. The molecule has 2 unspecified atom stereocenters. The van der Waals surface area contributed by atoms with Gasteiger partial charge in [-0.1, -0.05) is 30.1 Å². The number of fused-ring (bicyclic) bond motifs is 4. The SMILES string of the molecule is CC1=NCC2C(Cl)=Nc3ccc(Cl)cc3C(=NC1)C2C. The monoisotopic (exact) mass is 307 g/mol. The first-order valence-electron chi connectivity index (χ1n) is 6.64. The number of nitrogens with zero attached hydrogens (tertiary/aromatic N) is 3. The normalized spacial score (nSPS) is 25.5. The minimum atomic E-state index is 0.0804. The third-order valence-electron chi connectivity index (χ3n) is 3.84. The minimum Gasteiger partial charge on any atom is -0.292 e. The van der Waals surface area contributed by atoms with Crippen LogP contribution in [0.25, 0.3) is 0 Å². The van der Waals surface area contributed by atoms with Gasteiger partial charge in [-0.05, 0) is 25.1 Å². The van der Waals surface area contributed by atoms with Crippen molar-refractivity contribution in [2.24, 2.45) is 26.8 Å². The Morgan fingerprint density at radius 3 is 2.80 bits per heavy atom. The van der Waals surface area contributed by atoms with Crippen LogP contribution in [0, 0.1) is 11.8 Å². The Balaban J connectivity index is 2.23. The molecule has 0 aromatic heterocycles. The Morgan fingerprint density at radius 1 is 1.20 bits per heavy atom. The second-order valence-corrected chi connectivity index (χ2v) is 6.09. The van der Waals surface area contributed by atoms with E-state index in [9.17, 15) is 0 Å². The molecule has 20 heavy (non-hydrogen) atoms. The van der Waals surface area contributed by atoms with Crippen LogP contribution in [0.3, 0.4) is 0 Å². The zero-order valence-corrected chi connectivity index (χ0v) is 12.9. The van der Waals surface area contributed by atoms with Crippen LogP contribution in [0.1, 0.15) is 19.4 Å². The first kappa shape index (κ1) is 13.8. The van der Waals surface area contributed by atoms with Gasteiger partial charge in [-0.2, -0.15) is 0 Å². The molecule has 5 heteroatoms. The van der Waals surface area contributed by atoms with Gasteiger partial charge in [0.15, 0.2) is 0 Å². The first-order chi connectivity index (χ1) is 9.56. The number of benzene rings is 1. The molecule has 0 aliphatic carbocycles. The van der Waals surface area contributed by atoms with Crippen LogP contribution in [0.2, 0.25) is 5.02 Å². The van der Waals surface area contributed by atoms with Crippen molar-refractivity contribution in [3.8, 4) is 0 Å². The smallest absolute Gasteiger partial charge is 0.112 e. The third kappa shape index (κ3) is 2.40. The van der Waals surface area contributed by atoms with Gasteiger partial charge in [-0.3, -0.25) is 9.98 Å². The number of halogens is 2. The summed E-state index contributed by atoms with van der Waals surface area (Å²) in [6.45, 7) is 5.41. The summed E-state index contributed by atoms with van der Waals surface area (Å²) in [4.78, 5) is 13.8. The molecular formula is C15H15Cl2N3. The van der Waals surface area contributed by atoms with E-state index in [1.54, 1.807) is 0 Å². The number of aliphatic imine (C=N–C) groups is 3. The lowest BCUT2D eigenvalue weighted by Crippen LogP contribution is -2.29. The molecular weight excluding hydrogens is 293 g/mol. The fourth-order valence-corrected chi connectivity index (χ4v) is 3.14. The van der Waals surface area contributed by atoms with Gasteiger partial charge in [-0.25, -0.2) is 4.99 Å². The molecule has 1 aromatic carbocycles. The van der Waals surface area contributed by atoms with Gasteiger partial charge in [0.05, 0.1) is 12.2 Å². The second-order valence-electron chi connectivity index (χ2n) is 5.27. The van der Waals surface area contributed by atoms with E-state index >= 15 is 0 Å². The molecule has 2 atom stereocenters. The summed E-state index contributed by atoms with van der Waals surface area (Å²) < 4.78 is 0. The highest BCUT2D eigenvalue weighted by Crippen LogP contribution is 2.35. The molecule has 0 radical (unpaired) electrons. The molecule has 2 heterocycles. The maximum atomic E-state index is 6.42. The number of hydrogen-bond acceptors (Lipinski definition) is 3. The molecule has 104 valence electrons. The van der Waals surface area contributed by atoms with Gasteiger partial charge in [0, 0.05) is 40.4 Å². The zero-order chi connectivity index (χ0) is 14.3. The van der Waals surface area contributed by atoms with E-state index in [1.807, 2.05) is 25.1 Å². The van der Waals surface area contributed by atoms with E-state index in [-0.39, 0.29) is 11.8 Å². The molecule has 0 saturated heterocycles. The lowest BCUT2D eigenvalue weighted by atomic mass is 9.87. The van der Waals surface area contributed by atoms with Crippen molar-refractivity contribution < 1.29 is 0 Å². The number of hydrogen-bond donors (Lipinski definition) is 0. The van der Waals surface area contributed by atoms with Gasteiger partial charge in [0.25, 0.3) is 0 Å². The second kappa shape index (κ2) is 5.30. The van der Waals surface area contributed by atoms with Crippen LogP contribution in [-0.2, 0) is 0 Å². The molecule has 0 amide bonds. The first-order valence-corrected chi connectivity index (χ1v) is 7.40. The van der Waals surface area contributed by atoms with Gasteiger partial charge in [0.2, 0.25) is 0 Å². The van der Waals surface area contributed by atoms with Crippen molar-refractivity contribution in [1.29, 1.82) is 0 Å². The Kier molecular flexibility index (Phi) is 3.65. The predicted molar refractivity (Wildman–Crippen MR) is 86.4 cm³/mol. The van der Waals surface area contributed by atoms with Crippen molar-refractivity contribution in [2.45, 2.75) is 13.8 Å². The average Bonchev–Trinajstić information content (AvgIpc) is 2.50. The molecule has 3 nitrogen and oxygen atoms in total. The maximum absolute atomic E-state index is 6.42. The maximum Gasteiger partial charge on any atom is 0.112 e. The van der Waals surface area contributed by atoms with E-state index < -0.39 is 0 Å². The molecule has 0 fully saturated rings. The largest absolute Gasteiger partial charge is 0.292 e. The molecule has 0 saturated carbocycles. The third-order valence-corrected chi connectivity index (χ3v) is 4.44. The van der Waals surface area contributed by atoms with E-state index in [2.05, 4.69) is 16.9 Å². The highest BCUT2D eigenvalue weighted by Gasteiger charge is 2.31. The van der Waals surface area contributed by atoms with Crippen LogP contribution in [0.4, 0.5) is 5.69 Å². The summed E-state index contributed by atoms with van der Waals surface area (Å²) in [5, 5.41) is 1.29. The predicted octanol–water partition coefficient (Wildman–Crippen LogP) is 4.14. The lowest BCUT2D eigenvalue weighted by Gasteiger charge is -2.23. The molecule has 0 N–H and O–H groups in total. The standard InChI is InChI=1S/C15H15Cl2N3/c1-8-6-19-14-9(2)12(7-18-8)15(17)20-13-4-3-10(16)5-11(13)14/h3-5,9,12H,6-7H2,1-2H3. The van der Waals surface area contributed by atoms with Crippen LogP contribution in [0.15, 0.2) is 33.2 Å².